The normalized spacial score (nSPS) is 21.2. The van der Waals surface area contributed by atoms with Crippen molar-refractivity contribution < 1.29 is 9.32 Å². The number of anilines is 1. The van der Waals surface area contributed by atoms with Crippen LogP contribution in [0.25, 0.3) is 33.8 Å². The summed E-state index contributed by atoms with van der Waals surface area (Å²) in [5, 5.41) is 4.38. The molecule has 2 fully saturated rings. The van der Waals surface area contributed by atoms with E-state index in [-0.39, 0.29) is 24.3 Å². The predicted octanol–water partition coefficient (Wildman–Crippen LogP) is 5.54. The summed E-state index contributed by atoms with van der Waals surface area (Å²) in [6.45, 7) is 6.19. The van der Waals surface area contributed by atoms with Crippen LogP contribution < -0.4 is 10.7 Å². The molecule has 1 atom stereocenters. The van der Waals surface area contributed by atoms with Gasteiger partial charge in [0.2, 0.25) is 17.7 Å². The van der Waals surface area contributed by atoms with Crippen molar-refractivity contribution in [2.45, 2.75) is 77.8 Å². The van der Waals surface area contributed by atoms with Crippen LogP contribution in [-0.4, -0.2) is 66.6 Å². The van der Waals surface area contributed by atoms with E-state index in [0.717, 1.165) is 55.2 Å². The van der Waals surface area contributed by atoms with Crippen LogP contribution in [0.3, 0.4) is 0 Å². The van der Waals surface area contributed by atoms with Crippen molar-refractivity contribution in [1.29, 1.82) is 0 Å². The number of halogens is 1. The van der Waals surface area contributed by atoms with E-state index in [9.17, 15) is 9.59 Å². The van der Waals surface area contributed by atoms with Crippen molar-refractivity contribution in [3.05, 3.63) is 40.1 Å². The number of piperazine rings is 1. The molecule has 1 amide bonds. The number of hydrogen-bond donors (Lipinski definition) is 1. The number of rotatable bonds is 9. The van der Waals surface area contributed by atoms with Gasteiger partial charge in [-0.15, -0.1) is 0 Å². The summed E-state index contributed by atoms with van der Waals surface area (Å²) in [5.41, 5.74) is 3.31. The summed E-state index contributed by atoms with van der Waals surface area (Å²) in [7, 11) is 1.88. The van der Waals surface area contributed by atoms with E-state index in [2.05, 4.69) is 38.4 Å². The number of likely N-dealkylation sites (N-methyl/N-ethyl adjacent to an activating group) is 1. The van der Waals surface area contributed by atoms with Gasteiger partial charge >= 0.3 is 5.76 Å². The van der Waals surface area contributed by atoms with E-state index in [1.165, 1.54) is 25.7 Å². The number of nitrogens with one attached hydrogen (secondary N) is 1. The van der Waals surface area contributed by atoms with Gasteiger partial charge in [-0.25, -0.2) is 14.8 Å². The molecule has 11 nitrogen and oxygen atoms in total. The van der Waals surface area contributed by atoms with E-state index < -0.39 is 5.76 Å². The Morgan fingerprint density at radius 1 is 1.09 bits per heavy atom. The Hall–Kier alpha value is -3.73. The zero-order chi connectivity index (χ0) is 30.1. The smallest absolute Gasteiger partial charge is 0.342 e. The molecule has 6 rings (SSSR count). The summed E-state index contributed by atoms with van der Waals surface area (Å²) in [6.07, 6.45) is 12.4. The van der Waals surface area contributed by atoms with E-state index in [1.54, 1.807) is 12.4 Å². The Morgan fingerprint density at radius 2 is 1.91 bits per heavy atom. The first-order valence-corrected chi connectivity index (χ1v) is 15.8. The molecule has 1 N–H and O–H groups in total. The highest BCUT2D eigenvalue weighted by atomic mass is 35.5. The second-order valence-electron chi connectivity index (χ2n) is 12.2. The maximum absolute atomic E-state index is 13.1. The molecule has 0 bridgehead atoms. The maximum atomic E-state index is 13.1. The average molecular weight is 607 g/mol. The largest absolute Gasteiger partial charge is 0.439 e. The highest BCUT2D eigenvalue weighted by Crippen LogP contribution is 2.37. The topological polar surface area (TPSA) is 126 Å². The van der Waals surface area contributed by atoms with Gasteiger partial charge in [-0.3, -0.25) is 19.3 Å². The van der Waals surface area contributed by atoms with Gasteiger partial charge < -0.3 is 14.4 Å². The minimum atomic E-state index is -0.661. The molecule has 1 saturated heterocycles. The summed E-state index contributed by atoms with van der Waals surface area (Å²) in [4.78, 5) is 46.1. The molecule has 1 aliphatic carbocycles. The number of carbonyl (C=O) groups is 1. The Morgan fingerprint density at radius 3 is 2.63 bits per heavy atom. The third kappa shape index (κ3) is 6.18. The molecule has 12 heteroatoms. The fourth-order valence-electron chi connectivity index (χ4n) is 6.54. The number of fused-ring (bicyclic) bond motifs is 1. The Bertz CT molecular complexity index is 1650. The van der Waals surface area contributed by atoms with Gasteiger partial charge in [-0.2, -0.15) is 0 Å². The SMILES string of the molecule is CCCC[C@H]1CN(C)C(=O)CN1c1nc2cc(-c3noc(=O)[nH]3)nc(-c3cncc(Cl)c3)c2n1CCC1CCC(C)CC1. The van der Waals surface area contributed by atoms with Gasteiger partial charge in [0.05, 0.1) is 27.8 Å². The number of aromatic nitrogens is 6. The quantitative estimate of drug-likeness (QED) is 0.263. The predicted molar refractivity (Wildman–Crippen MR) is 166 cm³/mol. The number of aromatic amines is 1. The first-order valence-electron chi connectivity index (χ1n) is 15.4. The summed E-state index contributed by atoms with van der Waals surface area (Å²) < 4.78 is 7.05. The van der Waals surface area contributed by atoms with Crippen LogP contribution in [0.4, 0.5) is 5.95 Å². The molecule has 1 saturated carbocycles. The highest BCUT2D eigenvalue weighted by molar-refractivity contribution is 6.30. The van der Waals surface area contributed by atoms with Crippen molar-refractivity contribution in [2.24, 2.45) is 11.8 Å². The molecule has 4 aromatic heterocycles. The lowest BCUT2D eigenvalue weighted by atomic mass is 9.81. The minimum absolute atomic E-state index is 0.0749. The number of aryl methyl sites for hydroxylation is 1. The van der Waals surface area contributed by atoms with Crippen LogP contribution >= 0.6 is 11.6 Å². The van der Waals surface area contributed by atoms with Crippen molar-refractivity contribution in [3.63, 3.8) is 0 Å². The molecule has 0 radical (unpaired) electrons. The maximum Gasteiger partial charge on any atom is 0.439 e. The highest BCUT2D eigenvalue weighted by Gasteiger charge is 2.34. The van der Waals surface area contributed by atoms with Crippen LogP contribution in [0.15, 0.2) is 33.8 Å². The van der Waals surface area contributed by atoms with Crippen molar-refractivity contribution in [3.8, 4) is 22.8 Å². The number of H-pyrrole nitrogens is 1. The molecular formula is C31H39ClN8O3. The van der Waals surface area contributed by atoms with Crippen LogP contribution in [0.2, 0.25) is 5.02 Å². The standard InChI is InChI=1S/C31H39ClN8O3/c1-4-5-6-23-17-38(3)26(41)18-40(23)30-35-24-14-25(29-36-31(42)43-37-29)34-27(21-13-22(32)16-33-15-21)28(24)39(30)12-11-20-9-7-19(2)8-10-20/h13-16,19-20,23H,4-12,17-18H2,1-3H3,(H,36,37,42)/t19?,20?,23-/m0/s1. The first kappa shape index (κ1) is 29.3. The van der Waals surface area contributed by atoms with E-state index in [0.29, 0.717) is 34.4 Å². The van der Waals surface area contributed by atoms with E-state index >= 15 is 0 Å². The van der Waals surface area contributed by atoms with Crippen LogP contribution in [-0.2, 0) is 11.3 Å². The number of imidazole rings is 1. The molecule has 228 valence electrons. The zero-order valence-corrected chi connectivity index (χ0v) is 25.8. The van der Waals surface area contributed by atoms with Crippen LogP contribution in [0, 0.1) is 11.8 Å². The van der Waals surface area contributed by atoms with Gasteiger partial charge in [0.15, 0.2) is 0 Å². The molecular weight excluding hydrogens is 568 g/mol. The lowest BCUT2D eigenvalue weighted by Crippen LogP contribution is -2.55. The first-order chi connectivity index (χ1) is 20.8. The fourth-order valence-corrected chi connectivity index (χ4v) is 6.72. The van der Waals surface area contributed by atoms with Crippen molar-refractivity contribution in [2.75, 3.05) is 25.0 Å². The van der Waals surface area contributed by atoms with Gasteiger partial charge in [0, 0.05) is 38.1 Å². The molecule has 0 aromatic carbocycles. The fraction of sp³-hybridized carbons (Fsp3) is 0.548. The molecule has 1 aliphatic heterocycles. The summed E-state index contributed by atoms with van der Waals surface area (Å²) >= 11 is 6.41. The number of nitrogens with zero attached hydrogens (tertiary/aromatic N) is 7. The van der Waals surface area contributed by atoms with Gasteiger partial charge in [-0.1, -0.05) is 69.1 Å². The monoisotopic (exact) mass is 606 g/mol. The van der Waals surface area contributed by atoms with Crippen LogP contribution in [0.5, 0.6) is 0 Å². The lowest BCUT2D eigenvalue weighted by molar-refractivity contribution is -0.130. The number of amides is 1. The minimum Gasteiger partial charge on any atom is -0.342 e. The zero-order valence-electron chi connectivity index (χ0n) is 25.1. The second kappa shape index (κ2) is 12.5. The number of hydrogen-bond acceptors (Lipinski definition) is 8. The van der Waals surface area contributed by atoms with Crippen LogP contribution in [0.1, 0.15) is 65.2 Å². The Balaban J connectivity index is 1.53. The van der Waals surface area contributed by atoms with Crippen molar-refractivity contribution >= 4 is 34.5 Å². The third-order valence-electron chi connectivity index (χ3n) is 9.07. The second-order valence-corrected chi connectivity index (χ2v) is 12.7. The molecule has 0 spiro atoms. The third-order valence-corrected chi connectivity index (χ3v) is 9.27. The molecule has 0 unspecified atom stereocenters. The summed E-state index contributed by atoms with van der Waals surface area (Å²) in [5.74, 6) is 1.81. The number of unbranched alkanes of at least 4 members (excludes halogenated alkanes) is 1. The number of carbonyl (C=O) groups excluding carboxylic acids is 1. The van der Waals surface area contributed by atoms with E-state index in [1.807, 2.05) is 24.1 Å². The Labute approximate surface area is 255 Å². The molecule has 5 heterocycles. The van der Waals surface area contributed by atoms with Crippen molar-refractivity contribution in [1.82, 2.24) is 34.6 Å². The number of pyridine rings is 2. The van der Waals surface area contributed by atoms with Gasteiger partial charge in [-0.05, 0) is 36.8 Å². The van der Waals surface area contributed by atoms with Gasteiger partial charge in [0.25, 0.3) is 0 Å². The molecule has 2 aliphatic rings. The summed E-state index contributed by atoms with van der Waals surface area (Å²) in [6, 6.07) is 3.80. The van der Waals surface area contributed by atoms with E-state index in [4.69, 9.17) is 26.1 Å². The molecule has 4 aromatic rings. The van der Waals surface area contributed by atoms with Gasteiger partial charge in [0.1, 0.15) is 12.2 Å². The lowest BCUT2D eigenvalue weighted by Gasteiger charge is -2.40. The Kier molecular flexibility index (Phi) is 8.52. The molecule has 43 heavy (non-hydrogen) atoms. The average Bonchev–Trinajstić information content (AvgIpc) is 3.60.